The maximum absolute atomic E-state index is 4.71. The lowest BCUT2D eigenvalue weighted by Gasteiger charge is -2.08. The SMILES string of the molecule is CCC(C)Sc1nc2ccccn2c1CNC. The quantitative estimate of drug-likeness (QED) is 0.826. The molecule has 3 nitrogen and oxygen atoms in total. The van der Waals surface area contributed by atoms with E-state index in [1.807, 2.05) is 30.9 Å². The Morgan fingerprint density at radius 2 is 2.29 bits per heavy atom. The van der Waals surface area contributed by atoms with Gasteiger partial charge in [-0.3, -0.25) is 0 Å². The highest BCUT2D eigenvalue weighted by molar-refractivity contribution is 7.99. The molecular formula is C13H19N3S. The molecule has 4 heteroatoms. The van der Waals surface area contributed by atoms with Crippen molar-refractivity contribution >= 4 is 17.4 Å². The first-order chi connectivity index (χ1) is 8.26. The molecule has 1 atom stereocenters. The predicted octanol–water partition coefficient (Wildman–Crippen LogP) is 2.94. The van der Waals surface area contributed by atoms with Gasteiger partial charge in [0.05, 0.1) is 5.69 Å². The minimum atomic E-state index is 0.607. The third kappa shape index (κ3) is 2.64. The number of nitrogens with one attached hydrogen (secondary N) is 1. The van der Waals surface area contributed by atoms with E-state index < -0.39 is 0 Å². The maximum Gasteiger partial charge on any atom is 0.138 e. The van der Waals surface area contributed by atoms with E-state index in [1.54, 1.807) is 0 Å². The number of hydrogen-bond acceptors (Lipinski definition) is 3. The van der Waals surface area contributed by atoms with Gasteiger partial charge in [0.15, 0.2) is 0 Å². The van der Waals surface area contributed by atoms with Crippen LogP contribution in [0, 0.1) is 0 Å². The number of aromatic nitrogens is 2. The summed E-state index contributed by atoms with van der Waals surface area (Å²) < 4.78 is 2.17. The molecule has 0 aliphatic carbocycles. The van der Waals surface area contributed by atoms with Gasteiger partial charge < -0.3 is 9.72 Å². The first-order valence-corrected chi connectivity index (χ1v) is 6.91. The number of imidazole rings is 1. The lowest BCUT2D eigenvalue weighted by atomic mass is 10.4. The molecule has 0 fully saturated rings. The molecule has 0 aliphatic heterocycles. The average Bonchev–Trinajstić information content (AvgIpc) is 2.68. The molecule has 2 aromatic rings. The summed E-state index contributed by atoms with van der Waals surface area (Å²) in [6.45, 7) is 5.31. The van der Waals surface area contributed by atoms with Crippen LogP contribution < -0.4 is 5.32 Å². The van der Waals surface area contributed by atoms with Crippen LogP contribution in [-0.4, -0.2) is 21.7 Å². The van der Waals surface area contributed by atoms with Crippen LogP contribution in [0.4, 0.5) is 0 Å². The molecule has 0 aromatic carbocycles. The molecule has 0 aliphatic rings. The van der Waals surface area contributed by atoms with Gasteiger partial charge >= 0.3 is 0 Å². The molecule has 0 spiro atoms. The Labute approximate surface area is 107 Å². The molecule has 0 saturated carbocycles. The van der Waals surface area contributed by atoms with Gasteiger partial charge in [-0.1, -0.05) is 19.9 Å². The van der Waals surface area contributed by atoms with Gasteiger partial charge in [0.2, 0.25) is 0 Å². The van der Waals surface area contributed by atoms with Crippen LogP contribution in [0.2, 0.25) is 0 Å². The van der Waals surface area contributed by atoms with E-state index in [2.05, 4.69) is 35.8 Å². The molecule has 0 radical (unpaired) electrons. The van der Waals surface area contributed by atoms with E-state index in [-0.39, 0.29) is 0 Å². The van der Waals surface area contributed by atoms with E-state index in [4.69, 9.17) is 4.98 Å². The molecule has 17 heavy (non-hydrogen) atoms. The zero-order valence-electron chi connectivity index (χ0n) is 10.6. The Morgan fingerprint density at radius 3 is 3.00 bits per heavy atom. The van der Waals surface area contributed by atoms with E-state index in [1.165, 1.54) is 5.69 Å². The summed E-state index contributed by atoms with van der Waals surface area (Å²) in [6.07, 6.45) is 3.24. The van der Waals surface area contributed by atoms with Crippen molar-refractivity contribution in [1.29, 1.82) is 0 Å². The van der Waals surface area contributed by atoms with E-state index in [0.29, 0.717) is 5.25 Å². The fourth-order valence-corrected chi connectivity index (χ4v) is 2.72. The fourth-order valence-electron chi connectivity index (χ4n) is 1.72. The standard InChI is InChI=1S/C13H19N3S/c1-4-10(2)17-13-11(9-14-3)16-8-6-5-7-12(16)15-13/h5-8,10,14H,4,9H2,1-3H3. The van der Waals surface area contributed by atoms with Crippen molar-refractivity contribution in [3.63, 3.8) is 0 Å². The third-order valence-electron chi connectivity index (χ3n) is 2.82. The maximum atomic E-state index is 4.71. The van der Waals surface area contributed by atoms with Crippen LogP contribution in [0.5, 0.6) is 0 Å². The van der Waals surface area contributed by atoms with Crippen LogP contribution in [0.1, 0.15) is 26.0 Å². The molecule has 1 unspecified atom stereocenters. The Bertz CT molecular complexity index is 492. The van der Waals surface area contributed by atoms with Crippen molar-refractivity contribution in [2.24, 2.45) is 0 Å². The zero-order chi connectivity index (χ0) is 12.3. The third-order valence-corrected chi connectivity index (χ3v) is 4.11. The molecular weight excluding hydrogens is 230 g/mol. The molecule has 92 valence electrons. The second-order valence-electron chi connectivity index (χ2n) is 4.16. The van der Waals surface area contributed by atoms with Gasteiger partial charge in [0, 0.05) is 18.0 Å². The number of hydrogen-bond donors (Lipinski definition) is 1. The van der Waals surface area contributed by atoms with Gasteiger partial charge in [-0.25, -0.2) is 4.98 Å². The minimum absolute atomic E-state index is 0.607. The van der Waals surface area contributed by atoms with Crippen LogP contribution in [0.3, 0.4) is 0 Å². The summed E-state index contributed by atoms with van der Waals surface area (Å²) in [5.74, 6) is 0. The zero-order valence-corrected chi connectivity index (χ0v) is 11.4. The van der Waals surface area contributed by atoms with E-state index in [0.717, 1.165) is 23.6 Å². The number of thioether (sulfide) groups is 1. The summed E-state index contributed by atoms with van der Waals surface area (Å²) in [5.41, 5.74) is 2.29. The number of nitrogens with zero attached hydrogens (tertiary/aromatic N) is 2. The van der Waals surface area contributed by atoms with Gasteiger partial charge in [-0.15, -0.1) is 11.8 Å². The minimum Gasteiger partial charge on any atom is -0.314 e. The molecule has 2 aromatic heterocycles. The van der Waals surface area contributed by atoms with Crippen molar-refractivity contribution in [3.05, 3.63) is 30.1 Å². The van der Waals surface area contributed by atoms with Crippen molar-refractivity contribution in [3.8, 4) is 0 Å². The monoisotopic (exact) mass is 249 g/mol. The Hall–Kier alpha value is -1.00. The Morgan fingerprint density at radius 1 is 1.47 bits per heavy atom. The number of fused-ring (bicyclic) bond motifs is 1. The summed E-state index contributed by atoms with van der Waals surface area (Å²) >= 11 is 1.86. The largest absolute Gasteiger partial charge is 0.314 e. The molecule has 0 amide bonds. The van der Waals surface area contributed by atoms with Crippen molar-refractivity contribution in [2.75, 3.05) is 7.05 Å². The smallest absolute Gasteiger partial charge is 0.138 e. The summed E-state index contributed by atoms with van der Waals surface area (Å²) in [4.78, 5) is 4.71. The van der Waals surface area contributed by atoms with Crippen molar-refractivity contribution in [1.82, 2.24) is 14.7 Å². The number of rotatable bonds is 5. The highest BCUT2D eigenvalue weighted by Gasteiger charge is 2.13. The van der Waals surface area contributed by atoms with Crippen LogP contribution in [-0.2, 0) is 6.54 Å². The average molecular weight is 249 g/mol. The van der Waals surface area contributed by atoms with Gasteiger partial charge in [-0.05, 0) is 25.6 Å². The Kier molecular flexibility index (Phi) is 4.07. The predicted molar refractivity (Wildman–Crippen MR) is 73.6 cm³/mol. The van der Waals surface area contributed by atoms with Crippen molar-refractivity contribution in [2.45, 2.75) is 37.1 Å². The summed E-state index contributed by atoms with van der Waals surface area (Å²) in [5, 5.41) is 4.98. The summed E-state index contributed by atoms with van der Waals surface area (Å²) in [6, 6.07) is 6.13. The first kappa shape index (κ1) is 12.5. The summed E-state index contributed by atoms with van der Waals surface area (Å²) in [7, 11) is 1.97. The molecule has 0 bridgehead atoms. The Balaban J connectivity index is 2.42. The number of pyridine rings is 1. The van der Waals surface area contributed by atoms with E-state index in [9.17, 15) is 0 Å². The highest BCUT2D eigenvalue weighted by atomic mass is 32.2. The lowest BCUT2D eigenvalue weighted by Crippen LogP contribution is -2.09. The van der Waals surface area contributed by atoms with Crippen LogP contribution in [0.15, 0.2) is 29.4 Å². The van der Waals surface area contributed by atoms with Crippen molar-refractivity contribution < 1.29 is 0 Å². The molecule has 2 rings (SSSR count). The van der Waals surface area contributed by atoms with Gasteiger partial charge in [-0.2, -0.15) is 0 Å². The van der Waals surface area contributed by atoms with E-state index >= 15 is 0 Å². The molecule has 0 saturated heterocycles. The second kappa shape index (κ2) is 5.56. The first-order valence-electron chi connectivity index (χ1n) is 6.03. The van der Waals surface area contributed by atoms with Gasteiger partial charge in [0.1, 0.15) is 10.7 Å². The topological polar surface area (TPSA) is 29.3 Å². The molecule has 1 N–H and O–H groups in total. The molecule has 2 heterocycles. The van der Waals surface area contributed by atoms with Gasteiger partial charge in [0.25, 0.3) is 0 Å². The fraction of sp³-hybridized carbons (Fsp3) is 0.462. The van der Waals surface area contributed by atoms with Crippen LogP contribution in [0.25, 0.3) is 5.65 Å². The second-order valence-corrected chi connectivity index (χ2v) is 5.59. The highest BCUT2D eigenvalue weighted by Crippen LogP contribution is 2.28. The normalized spacial score (nSPS) is 13.1. The van der Waals surface area contributed by atoms with Crippen LogP contribution >= 0.6 is 11.8 Å². The lowest BCUT2D eigenvalue weighted by molar-refractivity contribution is 0.762.